The topological polar surface area (TPSA) is 47.0 Å². The van der Waals surface area contributed by atoms with Crippen LogP contribution in [0.4, 0.5) is 5.82 Å². The standard InChI is InChI=1S/C19H21N3OS/c1-11-7-8-15(23-3)14(9-11)12(2)22-18-17-13-5-4-6-16(13)24-19(17)21-10-20-18/h7-10,12H,4-6H2,1-3H3,(H,20,21,22)/t12-/m1/s1. The van der Waals surface area contributed by atoms with Crippen LogP contribution in [0.3, 0.4) is 0 Å². The molecule has 5 heteroatoms. The fourth-order valence-corrected chi connectivity index (χ4v) is 4.74. The molecule has 0 fully saturated rings. The summed E-state index contributed by atoms with van der Waals surface area (Å²) in [6.07, 6.45) is 5.22. The Morgan fingerprint density at radius 3 is 2.96 bits per heavy atom. The van der Waals surface area contributed by atoms with Crippen LogP contribution >= 0.6 is 11.3 Å². The fourth-order valence-electron chi connectivity index (χ4n) is 3.51. The van der Waals surface area contributed by atoms with E-state index in [1.54, 1.807) is 13.4 Å². The van der Waals surface area contributed by atoms with Gasteiger partial charge in [0.1, 0.15) is 22.7 Å². The number of aryl methyl sites for hydroxylation is 3. The number of ether oxygens (including phenoxy) is 1. The van der Waals surface area contributed by atoms with E-state index in [2.05, 4.69) is 41.3 Å². The number of fused-ring (bicyclic) bond motifs is 3. The van der Waals surface area contributed by atoms with Crippen LogP contribution in [0.5, 0.6) is 5.75 Å². The van der Waals surface area contributed by atoms with E-state index >= 15 is 0 Å². The number of hydrogen-bond donors (Lipinski definition) is 1. The van der Waals surface area contributed by atoms with Gasteiger partial charge in [-0.25, -0.2) is 9.97 Å². The SMILES string of the molecule is COc1ccc(C)cc1[C@@H](C)Nc1ncnc2sc3c(c12)CCC3. The van der Waals surface area contributed by atoms with Crippen molar-refractivity contribution in [3.05, 3.63) is 46.1 Å². The van der Waals surface area contributed by atoms with Crippen LogP contribution in [0, 0.1) is 6.92 Å². The Bertz CT molecular complexity index is 903. The highest BCUT2D eigenvalue weighted by Crippen LogP contribution is 2.40. The summed E-state index contributed by atoms with van der Waals surface area (Å²) in [5, 5.41) is 4.81. The molecule has 0 radical (unpaired) electrons. The summed E-state index contributed by atoms with van der Waals surface area (Å²) in [7, 11) is 1.72. The van der Waals surface area contributed by atoms with Gasteiger partial charge in [0.2, 0.25) is 0 Å². The van der Waals surface area contributed by atoms with Crippen LogP contribution in [-0.4, -0.2) is 17.1 Å². The molecular weight excluding hydrogens is 318 g/mol. The van der Waals surface area contributed by atoms with Gasteiger partial charge in [-0.15, -0.1) is 11.3 Å². The van der Waals surface area contributed by atoms with Gasteiger partial charge in [-0.1, -0.05) is 17.7 Å². The molecule has 3 aromatic rings. The zero-order valence-corrected chi connectivity index (χ0v) is 15.0. The first-order valence-corrected chi connectivity index (χ1v) is 9.15. The third-order valence-corrected chi connectivity index (χ3v) is 5.91. The molecule has 2 heterocycles. The van der Waals surface area contributed by atoms with Crippen LogP contribution in [0.2, 0.25) is 0 Å². The molecule has 1 N–H and O–H groups in total. The number of methoxy groups -OCH3 is 1. The van der Waals surface area contributed by atoms with Gasteiger partial charge in [0.05, 0.1) is 18.5 Å². The smallest absolute Gasteiger partial charge is 0.138 e. The summed E-state index contributed by atoms with van der Waals surface area (Å²) in [4.78, 5) is 11.6. The predicted molar refractivity (Wildman–Crippen MR) is 99.2 cm³/mol. The normalized spacial score (nSPS) is 14.6. The van der Waals surface area contributed by atoms with E-state index in [1.807, 2.05) is 17.4 Å². The van der Waals surface area contributed by atoms with E-state index in [0.717, 1.165) is 28.4 Å². The molecule has 1 aromatic carbocycles. The Kier molecular flexibility index (Phi) is 3.88. The number of rotatable bonds is 4. The molecule has 0 saturated carbocycles. The Balaban J connectivity index is 1.73. The summed E-state index contributed by atoms with van der Waals surface area (Å²) in [6.45, 7) is 4.25. The molecule has 0 spiro atoms. The van der Waals surface area contributed by atoms with E-state index in [-0.39, 0.29) is 6.04 Å². The van der Waals surface area contributed by atoms with E-state index in [9.17, 15) is 0 Å². The first-order chi connectivity index (χ1) is 11.7. The van der Waals surface area contributed by atoms with Gasteiger partial charge in [0, 0.05) is 10.4 Å². The average Bonchev–Trinajstić information content (AvgIpc) is 3.15. The van der Waals surface area contributed by atoms with Gasteiger partial charge < -0.3 is 10.1 Å². The lowest BCUT2D eigenvalue weighted by Crippen LogP contribution is -2.10. The number of hydrogen-bond acceptors (Lipinski definition) is 5. The van der Waals surface area contributed by atoms with E-state index in [1.165, 1.54) is 34.2 Å². The molecule has 2 aromatic heterocycles. The largest absolute Gasteiger partial charge is 0.496 e. The van der Waals surface area contributed by atoms with Crippen LogP contribution in [0.15, 0.2) is 24.5 Å². The molecule has 0 bridgehead atoms. The van der Waals surface area contributed by atoms with Crippen molar-refractivity contribution in [3.8, 4) is 5.75 Å². The van der Waals surface area contributed by atoms with Gasteiger partial charge in [0.15, 0.2) is 0 Å². The molecule has 1 atom stereocenters. The fraction of sp³-hybridized carbons (Fsp3) is 0.368. The Morgan fingerprint density at radius 1 is 1.25 bits per heavy atom. The molecule has 1 aliphatic carbocycles. The van der Waals surface area contributed by atoms with Crippen LogP contribution in [0.25, 0.3) is 10.2 Å². The Hall–Kier alpha value is -2.14. The maximum absolute atomic E-state index is 5.53. The molecule has 0 saturated heterocycles. The van der Waals surface area contributed by atoms with Gasteiger partial charge in [-0.2, -0.15) is 0 Å². The maximum atomic E-state index is 5.53. The summed E-state index contributed by atoms with van der Waals surface area (Å²) in [6, 6.07) is 6.38. The maximum Gasteiger partial charge on any atom is 0.138 e. The van der Waals surface area contributed by atoms with Crippen molar-refractivity contribution in [2.24, 2.45) is 0 Å². The van der Waals surface area contributed by atoms with Crippen molar-refractivity contribution >= 4 is 27.4 Å². The van der Waals surface area contributed by atoms with Crippen LogP contribution in [-0.2, 0) is 12.8 Å². The van der Waals surface area contributed by atoms with E-state index < -0.39 is 0 Å². The van der Waals surface area contributed by atoms with Gasteiger partial charge in [-0.3, -0.25) is 0 Å². The molecule has 1 aliphatic rings. The zero-order chi connectivity index (χ0) is 16.7. The summed E-state index contributed by atoms with van der Waals surface area (Å²) >= 11 is 1.82. The molecule has 0 aliphatic heterocycles. The monoisotopic (exact) mass is 339 g/mol. The number of benzene rings is 1. The van der Waals surface area contributed by atoms with E-state index in [4.69, 9.17) is 4.74 Å². The quantitative estimate of drug-likeness (QED) is 0.750. The number of nitrogens with one attached hydrogen (secondary N) is 1. The van der Waals surface area contributed by atoms with Gasteiger partial charge in [-0.05, 0) is 44.7 Å². The van der Waals surface area contributed by atoms with Crippen LogP contribution in [0.1, 0.15) is 41.0 Å². The summed E-state index contributed by atoms with van der Waals surface area (Å²) in [5.41, 5.74) is 3.82. The van der Waals surface area contributed by atoms with Gasteiger partial charge in [0.25, 0.3) is 0 Å². The lowest BCUT2D eigenvalue weighted by molar-refractivity contribution is 0.408. The highest BCUT2D eigenvalue weighted by molar-refractivity contribution is 7.19. The molecular formula is C19H21N3OS. The molecule has 4 nitrogen and oxygen atoms in total. The molecule has 124 valence electrons. The summed E-state index contributed by atoms with van der Waals surface area (Å²) < 4.78 is 5.53. The summed E-state index contributed by atoms with van der Waals surface area (Å²) in [5.74, 6) is 1.84. The number of nitrogens with zero attached hydrogens (tertiary/aromatic N) is 2. The number of thiophene rings is 1. The first-order valence-electron chi connectivity index (χ1n) is 8.33. The zero-order valence-electron chi connectivity index (χ0n) is 14.2. The average molecular weight is 339 g/mol. The van der Waals surface area contributed by atoms with E-state index in [0.29, 0.717) is 0 Å². The Labute approximate surface area is 145 Å². The van der Waals surface area contributed by atoms with Crippen molar-refractivity contribution in [3.63, 3.8) is 0 Å². The minimum absolute atomic E-state index is 0.106. The van der Waals surface area contributed by atoms with Crippen molar-refractivity contribution in [2.45, 2.75) is 39.2 Å². The van der Waals surface area contributed by atoms with Crippen molar-refractivity contribution in [1.29, 1.82) is 0 Å². The van der Waals surface area contributed by atoms with Crippen molar-refractivity contribution in [2.75, 3.05) is 12.4 Å². The minimum atomic E-state index is 0.106. The molecule has 0 amide bonds. The number of aromatic nitrogens is 2. The minimum Gasteiger partial charge on any atom is -0.496 e. The second-order valence-corrected chi connectivity index (χ2v) is 7.45. The van der Waals surface area contributed by atoms with Crippen LogP contribution < -0.4 is 10.1 Å². The third-order valence-electron chi connectivity index (χ3n) is 4.71. The molecule has 4 rings (SSSR count). The highest BCUT2D eigenvalue weighted by Gasteiger charge is 2.22. The highest BCUT2D eigenvalue weighted by atomic mass is 32.1. The molecule has 24 heavy (non-hydrogen) atoms. The number of anilines is 1. The predicted octanol–water partition coefficient (Wildman–Crippen LogP) is 4.67. The second kappa shape index (κ2) is 6.06. The lowest BCUT2D eigenvalue weighted by Gasteiger charge is -2.19. The third kappa shape index (κ3) is 2.53. The lowest BCUT2D eigenvalue weighted by atomic mass is 10.0. The van der Waals surface area contributed by atoms with Crippen molar-refractivity contribution < 1.29 is 4.74 Å². The van der Waals surface area contributed by atoms with Crippen molar-refractivity contribution in [1.82, 2.24) is 9.97 Å². The Morgan fingerprint density at radius 2 is 2.12 bits per heavy atom. The molecule has 0 unspecified atom stereocenters. The second-order valence-electron chi connectivity index (χ2n) is 6.37. The first kappa shape index (κ1) is 15.4. The van der Waals surface area contributed by atoms with Gasteiger partial charge >= 0.3 is 0 Å².